The number of hydrogen-bond acceptors (Lipinski definition) is 3. The van der Waals surface area contributed by atoms with Crippen LogP contribution >= 0.6 is 11.6 Å². The van der Waals surface area contributed by atoms with E-state index in [2.05, 4.69) is 4.98 Å². The van der Waals surface area contributed by atoms with Gasteiger partial charge in [-0.3, -0.25) is 4.79 Å². The SMILES string of the molecule is CCC(=O)c1cc(Cl)ncc1N. The van der Waals surface area contributed by atoms with E-state index in [9.17, 15) is 4.79 Å². The standard InChI is InChI=1S/C8H9ClN2O/c1-2-7(12)5-3-8(9)11-4-6(5)10/h3-4H,2,10H2,1H3. The molecule has 0 amide bonds. The van der Waals surface area contributed by atoms with Crippen LogP contribution in [0.4, 0.5) is 5.69 Å². The number of carbonyl (C=O) groups is 1. The highest BCUT2D eigenvalue weighted by atomic mass is 35.5. The maximum atomic E-state index is 11.2. The van der Waals surface area contributed by atoms with E-state index in [0.717, 1.165) is 0 Å². The van der Waals surface area contributed by atoms with E-state index in [-0.39, 0.29) is 5.78 Å². The summed E-state index contributed by atoms with van der Waals surface area (Å²) >= 11 is 5.60. The Labute approximate surface area is 75.6 Å². The summed E-state index contributed by atoms with van der Waals surface area (Å²) in [6.07, 6.45) is 1.82. The van der Waals surface area contributed by atoms with Gasteiger partial charge in [-0.2, -0.15) is 0 Å². The molecule has 0 aromatic carbocycles. The van der Waals surface area contributed by atoms with Gasteiger partial charge in [0, 0.05) is 12.0 Å². The number of nitrogen functional groups attached to an aromatic ring is 1. The van der Waals surface area contributed by atoms with E-state index in [1.807, 2.05) is 0 Å². The van der Waals surface area contributed by atoms with E-state index in [4.69, 9.17) is 17.3 Å². The Kier molecular flexibility index (Phi) is 2.65. The van der Waals surface area contributed by atoms with Gasteiger partial charge >= 0.3 is 0 Å². The average Bonchev–Trinajstić information content (AvgIpc) is 2.08. The fourth-order valence-electron chi connectivity index (χ4n) is 0.872. The zero-order valence-electron chi connectivity index (χ0n) is 6.67. The first kappa shape index (κ1) is 9.00. The zero-order valence-corrected chi connectivity index (χ0v) is 7.43. The third-order valence-corrected chi connectivity index (χ3v) is 1.73. The molecule has 0 aliphatic heterocycles. The fraction of sp³-hybridized carbons (Fsp3) is 0.250. The lowest BCUT2D eigenvalue weighted by Gasteiger charge is -2.01. The molecule has 0 saturated carbocycles. The number of aromatic nitrogens is 1. The van der Waals surface area contributed by atoms with Crippen molar-refractivity contribution in [3.8, 4) is 0 Å². The second kappa shape index (κ2) is 3.54. The van der Waals surface area contributed by atoms with E-state index >= 15 is 0 Å². The number of Topliss-reactive ketones (excluding diaryl/α,β-unsaturated/α-hetero) is 1. The van der Waals surface area contributed by atoms with Gasteiger partial charge in [0.15, 0.2) is 5.78 Å². The molecule has 1 aromatic heterocycles. The summed E-state index contributed by atoms with van der Waals surface area (Å²) in [6, 6.07) is 1.49. The molecular weight excluding hydrogens is 176 g/mol. The first-order valence-electron chi connectivity index (χ1n) is 3.59. The molecule has 64 valence electrons. The summed E-state index contributed by atoms with van der Waals surface area (Å²) in [4.78, 5) is 15.0. The number of halogens is 1. The molecule has 1 heterocycles. The second-order valence-electron chi connectivity index (χ2n) is 2.37. The highest BCUT2D eigenvalue weighted by molar-refractivity contribution is 6.29. The number of ketones is 1. The Hall–Kier alpha value is -1.09. The summed E-state index contributed by atoms with van der Waals surface area (Å²) in [5.74, 6) is -0.0169. The van der Waals surface area contributed by atoms with Gasteiger partial charge in [-0.25, -0.2) is 4.98 Å². The molecular formula is C8H9ClN2O. The number of pyridine rings is 1. The minimum Gasteiger partial charge on any atom is -0.397 e. The molecule has 0 atom stereocenters. The van der Waals surface area contributed by atoms with E-state index in [0.29, 0.717) is 22.8 Å². The largest absolute Gasteiger partial charge is 0.397 e. The van der Waals surface area contributed by atoms with Crippen LogP contribution in [0.2, 0.25) is 5.15 Å². The van der Waals surface area contributed by atoms with Gasteiger partial charge in [-0.1, -0.05) is 18.5 Å². The lowest BCUT2D eigenvalue weighted by atomic mass is 10.1. The Morgan fingerprint density at radius 1 is 1.75 bits per heavy atom. The van der Waals surface area contributed by atoms with E-state index in [1.54, 1.807) is 6.92 Å². The van der Waals surface area contributed by atoms with Gasteiger partial charge in [-0.05, 0) is 6.07 Å². The Balaban J connectivity index is 3.13. The van der Waals surface area contributed by atoms with E-state index < -0.39 is 0 Å². The number of anilines is 1. The molecule has 0 aliphatic carbocycles. The molecule has 0 unspecified atom stereocenters. The molecule has 12 heavy (non-hydrogen) atoms. The fourth-order valence-corrected chi connectivity index (χ4v) is 1.03. The third kappa shape index (κ3) is 1.74. The molecule has 0 spiro atoms. The molecule has 3 nitrogen and oxygen atoms in total. The normalized spacial score (nSPS) is 9.83. The van der Waals surface area contributed by atoms with Crippen molar-refractivity contribution >= 4 is 23.1 Å². The van der Waals surface area contributed by atoms with Crippen LogP contribution in [0.1, 0.15) is 23.7 Å². The predicted octanol–water partition coefficient (Wildman–Crippen LogP) is 1.91. The predicted molar refractivity (Wildman–Crippen MR) is 48.3 cm³/mol. The summed E-state index contributed by atoms with van der Waals surface area (Å²) in [5.41, 5.74) is 6.36. The van der Waals surface area contributed by atoms with Gasteiger partial charge in [0.1, 0.15) is 5.15 Å². The minimum atomic E-state index is -0.0169. The quantitative estimate of drug-likeness (QED) is 0.564. The van der Waals surface area contributed by atoms with Crippen molar-refractivity contribution in [1.29, 1.82) is 0 Å². The number of nitrogens with zero attached hydrogens (tertiary/aromatic N) is 1. The van der Waals surface area contributed by atoms with Crippen molar-refractivity contribution in [3.63, 3.8) is 0 Å². The van der Waals surface area contributed by atoms with Crippen molar-refractivity contribution in [2.45, 2.75) is 13.3 Å². The van der Waals surface area contributed by atoms with Crippen LogP contribution < -0.4 is 5.73 Å². The van der Waals surface area contributed by atoms with Crippen LogP contribution in [0.3, 0.4) is 0 Å². The molecule has 0 aliphatic rings. The molecule has 1 rings (SSSR count). The first-order chi connectivity index (χ1) is 5.65. The Morgan fingerprint density at radius 2 is 2.42 bits per heavy atom. The van der Waals surface area contributed by atoms with Gasteiger partial charge in [0.25, 0.3) is 0 Å². The topological polar surface area (TPSA) is 56.0 Å². The summed E-state index contributed by atoms with van der Waals surface area (Å²) in [6.45, 7) is 1.77. The lowest BCUT2D eigenvalue weighted by molar-refractivity contribution is 0.0989. The highest BCUT2D eigenvalue weighted by Crippen LogP contribution is 2.16. The lowest BCUT2D eigenvalue weighted by Crippen LogP contribution is -2.02. The van der Waals surface area contributed by atoms with Crippen molar-refractivity contribution in [2.75, 3.05) is 5.73 Å². The zero-order chi connectivity index (χ0) is 9.14. The van der Waals surface area contributed by atoms with Crippen molar-refractivity contribution in [3.05, 3.63) is 23.0 Å². The molecule has 1 aromatic rings. The van der Waals surface area contributed by atoms with Gasteiger partial charge in [0.05, 0.1) is 11.9 Å². The molecule has 2 N–H and O–H groups in total. The Bertz CT molecular complexity index is 312. The summed E-state index contributed by atoms with van der Waals surface area (Å²) in [7, 11) is 0. The van der Waals surface area contributed by atoms with Crippen molar-refractivity contribution in [2.24, 2.45) is 0 Å². The minimum absolute atomic E-state index is 0.0169. The molecule has 0 saturated heterocycles. The van der Waals surface area contributed by atoms with Crippen LogP contribution in [0, 0.1) is 0 Å². The highest BCUT2D eigenvalue weighted by Gasteiger charge is 2.07. The third-order valence-electron chi connectivity index (χ3n) is 1.52. The first-order valence-corrected chi connectivity index (χ1v) is 3.97. The number of nitrogens with two attached hydrogens (primary N) is 1. The van der Waals surface area contributed by atoms with Crippen LogP contribution in [0.25, 0.3) is 0 Å². The van der Waals surface area contributed by atoms with Gasteiger partial charge in [0.2, 0.25) is 0 Å². The second-order valence-corrected chi connectivity index (χ2v) is 2.76. The van der Waals surface area contributed by atoms with Crippen LogP contribution in [0.15, 0.2) is 12.3 Å². The van der Waals surface area contributed by atoms with E-state index in [1.165, 1.54) is 12.3 Å². The van der Waals surface area contributed by atoms with Crippen molar-refractivity contribution < 1.29 is 4.79 Å². The van der Waals surface area contributed by atoms with Gasteiger partial charge < -0.3 is 5.73 Å². The molecule has 4 heteroatoms. The molecule has 0 radical (unpaired) electrons. The number of hydrogen-bond donors (Lipinski definition) is 1. The Morgan fingerprint density at radius 3 is 3.00 bits per heavy atom. The van der Waals surface area contributed by atoms with Crippen LogP contribution in [0.5, 0.6) is 0 Å². The monoisotopic (exact) mass is 184 g/mol. The maximum absolute atomic E-state index is 11.2. The summed E-state index contributed by atoms with van der Waals surface area (Å²) < 4.78 is 0. The van der Waals surface area contributed by atoms with Crippen LogP contribution in [-0.2, 0) is 0 Å². The molecule has 0 fully saturated rings. The van der Waals surface area contributed by atoms with Crippen LogP contribution in [-0.4, -0.2) is 10.8 Å². The number of carbonyl (C=O) groups excluding carboxylic acids is 1. The maximum Gasteiger partial charge on any atom is 0.164 e. The van der Waals surface area contributed by atoms with Gasteiger partial charge in [-0.15, -0.1) is 0 Å². The average molecular weight is 185 g/mol. The summed E-state index contributed by atoms with van der Waals surface area (Å²) in [5, 5.41) is 0.293. The van der Waals surface area contributed by atoms with Crippen molar-refractivity contribution in [1.82, 2.24) is 4.98 Å². The smallest absolute Gasteiger partial charge is 0.164 e. The number of rotatable bonds is 2. The molecule has 0 bridgehead atoms.